The molecule has 4 heteroatoms. The third-order valence-electron chi connectivity index (χ3n) is 4.09. The molecular weight excluding hydrogens is 220 g/mol. The fourth-order valence-electron chi connectivity index (χ4n) is 2.79. The van der Waals surface area contributed by atoms with Crippen LogP contribution in [0.3, 0.4) is 0 Å². The van der Waals surface area contributed by atoms with Crippen LogP contribution in [0.2, 0.25) is 0 Å². The van der Waals surface area contributed by atoms with Gasteiger partial charge in [-0.2, -0.15) is 0 Å². The highest BCUT2D eigenvalue weighted by Crippen LogP contribution is 2.21. The number of hydrogen-bond donors (Lipinski definition) is 0. The number of piperazine rings is 1. The Balaban J connectivity index is 1.73. The standard InChI is InChI=1S/C12H24N2OS/c1-11(16(2)15)5-7-13-8-9-14-6-3-4-12(14)10-13/h11-12H,3-10H2,1-2H3. The minimum atomic E-state index is -0.657. The molecule has 2 rings (SSSR count). The minimum absolute atomic E-state index is 0.349. The molecule has 3 nitrogen and oxygen atoms in total. The molecule has 3 atom stereocenters. The highest BCUT2D eigenvalue weighted by atomic mass is 32.2. The minimum Gasteiger partial charge on any atom is -0.300 e. The van der Waals surface area contributed by atoms with Crippen molar-refractivity contribution in [2.24, 2.45) is 0 Å². The molecule has 0 aromatic carbocycles. The van der Waals surface area contributed by atoms with E-state index in [2.05, 4.69) is 16.7 Å². The van der Waals surface area contributed by atoms with Gasteiger partial charge in [0.05, 0.1) is 0 Å². The lowest BCUT2D eigenvalue weighted by atomic mass is 10.1. The summed E-state index contributed by atoms with van der Waals surface area (Å²) in [5.74, 6) is 0. The summed E-state index contributed by atoms with van der Waals surface area (Å²) in [6.07, 6.45) is 5.66. The third kappa shape index (κ3) is 3.05. The van der Waals surface area contributed by atoms with Gasteiger partial charge >= 0.3 is 0 Å². The van der Waals surface area contributed by atoms with Gasteiger partial charge in [0.15, 0.2) is 0 Å². The van der Waals surface area contributed by atoms with Crippen LogP contribution < -0.4 is 0 Å². The van der Waals surface area contributed by atoms with Crippen molar-refractivity contribution >= 4 is 10.8 Å². The van der Waals surface area contributed by atoms with Crippen LogP contribution in [0.15, 0.2) is 0 Å². The highest BCUT2D eigenvalue weighted by Gasteiger charge is 2.30. The molecule has 0 radical (unpaired) electrons. The SMILES string of the molecule is CC(CCN1CCN2CCCC2C1)S(C)=O. The predicted molar refractivity (Wildman–Crippen MR) is 69.2 cm³/mol. The average Bonchev–Trinajstić information content (AvgIpc) is 2.72. The number of hydrogen-bond acceptors (Lipinski definition) is 3. The van der Waals surface area contributed by atoms with Crippen molar-refractivity contribution in [2.45, 2.75) is 37.5 Å². The van der Waals surface area contributed by atoms with E-state index in [9.17, 15) is 4.21 Å². The number of rotatable bonds is 4. The summed E-state index contributed by atoms with van der Waals surface area (Å²) in [6.45, 7) is 8.23. The number of fused-ring (bicyclic) bond motifs is 1. The van der Waals surface area contributed by atoms with E-state index in [1.54, 1.807) is 0 Å². The Morgan fingerprint density at radius 2 is 2.19 bits per heavy atom. The molecule has 0 aromatic heterocycles. The van der Waals surface area contributed by atoms with E-state index in [-0.39, 0.29) is 0 Å². The summed E-state index contributed by atoms with van der Waals surface area (Å²) in [6, 6.07) is 0.816. The lowest BCUT2D eigenvalue weighted by molar-refractivity contribution is 0.104. The largest absolute Gasteiger partial charge is 0.300 e. The molecule has 0 aliphatic carbocycles. The Morgan fingerprint density at radius 3 is 2.94 bits per heavy atom. The summed E-state index contributed by atoms with van der Waals surface area (Å²) < 4.78 is 11.3. The van der Waals surface area contributed by atoms with Crippen LogP contribution in [0, 0.1) is 0 Å². The molecule has 0 bridgehead atoms. The molecule has 2 fully saturated rings. The predicted octanol–water partition coefficient (Wildman–Crippen LogP) is 0.923. The quantitative estimate of drug-likeness (QED) is 0.735. The Kier molecular flexibility index (Phi) is 4.39. The molecule has 2 aliphatic rings. The van der Waals surface area contributed by atoms with E-state index in [1.807, 2.05) is 6.26 Å². The second-order valence-electron chi connectivity index (χ2n) is 5.23. The van der Waals surface area contributed by atoms with Crippen molar-refractivity contribution in [2.75, 3.05) is 39.0 Å². The average molecular weight is 244 g/mol. The van der Waals surface area contributed by atoms with Crippen LogP contribution in [0.1, 0.15) is 26.2 Å². The first-order valence-electron chi connectivity index (χ1n) is 6.45. The van der Waals surface area contributed by atoms with Gasteiger partial charge in [-0.15, -0.1) is 0 Å². The van der Waals surface area contributed by atoms with Crippen LogP contribution in [0.5, 0.6) is 0 Å². The van der Waals surface area contributed by atoms with Gasteiger partial charge in [-0.05, 0) is 32.4 Å². The lowest BCUT2D eigenvalue weighted by Gasteiger charge is -2.37. The Labute approximate surface area is 102 Å². The summed E-state index contributed by atoms with van der Waals surface area (Å²) in [7, 11) is -0.657. The molecule has 3 unspecified atom stereocenters. The van der Waals surface area contributed by atoms with E-state index in [0.29, 0.717) is 5.25 Å². The molecule has 0 amide bonds. The maximum Gasteiger partial charge on any atom is 0.0329 e. The van der Waals surface area contributed by atoms with Gasteiger partial charge in [-0.25, -0.2) is 0 Å². The molecule has 2 aliphatic heterocycles. The molecular formula is C12H24N2OS. The third-order valence-corrected chi connectivity index (χ3v) is 5.46. The van der Waals surface area contributed by atoms with Gasteiger partial charge in [-0.3, -0.25) is 9.11 Å². The van der Waals surface area contributed by atoms with Gasteiger partial charge < -0.3 is 4.90 Å². The van der Waals surface area contributed by atoms with Crippen LogP contribution >= 0.6 is 0 Å². The molecule has 0 spiro atoms. The first-order chi connectivity index (χ1) is 7.66. The topological polar surface area (TPSA) is 23.6 Å². The van der Waals surface area contributed by atoms with E-state index < -0.39 is 10.8 Å². The van der Waals surface area contributed by atoms with Gasteiger partial charge in [0, 0.05) is 48.0 Å². The summed E-state index contributed by atoms with van der Waals surface area (Å²) in [5, 5.41) is 0.349. The fourth-order valence-corrected chi connectivity index (χ4v) is 3.23. The van der Waals surface area contributed by atoms with E-state index in [0.717, 1.165) is 19.0 Å². The van der Waals surface area contributed by atoms with E-state index in [4.69, 9.17) is 0 Å². The Morgan fingerprint density at radius 1 is 1.38 bits per heavy atom. The zero-order valence-electron chi connectivity index (χ0n) is 10.5. The first kappa shape index (κ1) is 12.5. The van der Waals surface area contributed by atoms with Crippen molar-refractivity contribution in [3.05, 3.63) is 0 Å². The zero-order valence-corrected chi connectivity index (χ0v) is 11.3. The maximum absolute atomic E-state index is 11.3. The van der Waals surface area contributed by atoms with Gasteiger partial charge in [0.25, 0.3) is 0 Å². The monoisotopic (exact) mass is 244 g/mol. The van der Waals surface area contributed by atoms with Crippen molar-refractivity contribution < 1.29 is 4.21 Å². The van der Waals surface area contributed by atoms with Crippen LogP contribution in [-0.2, 0) is 10.8 Å². The molecule has 0 aromatic rings. The van der Waals surface area contributed by atoms with E-state index >= 15 is 0 Å². The molecule has 16 heavy (non-hydrogen) atoms. The molecule has 94 valence electrons. The smallest absolute Gasteiger partial charge is 0.0329 e. The maximum atomic E-state index is 11.3. The molecule has 2 saturated heterocycles. The molecule has 2 heterocycles. The summed E-state index contributed by atoms with van der Waals surface area (Å²) in [5.41, 5.74) is 0. The molecule has 0 saturated carbocycles. The highest BCUT2D eigenvalue weighted by molar-refractivity contribution is 7.84. The number of nitrogens with zero attached hydrogens (tertiary/aromatic N) is 2. The Bertz CT molecular complexity index is 259. The van der Waals surface area contributed by atoms with Crippen molar-refractivity contribution in [1.29, 1.82) is 0 Å². The molecule has 0 N–H and O–H groups in total. The van der Waals surface area contributed by atoms with Gasteiger partial charge in [0.1, 0.15) is 0 Å². The second kappa shape index (κ2) is 5.61. The van der Waals surface area contributed by atoms with Crippen LogP contribution in [-0.4, -0.2) is 64.3 Å². The second-order valence-corrected chi connectivity index (χ2v) is 7.03. The van der Waals surface area contributed by atoms with Gasteiger partial charge in [0.2, 0.25) is 0 Å². The summed E-state index contributed by atoms with van der Waals surface area (Å²) >= 11 is 0. The zero-order chi connectivity index (χ0) is 11.5. The van der Waals surface area contributed by atoms with Crippen molar-refractivity contribution in [1.82, 2.24) is 9.80 Å². The fraction of sp³-hybridized carbons (Fsp3) is 1.00. The summed E-state index contributed by atoms with van der Waals surface area (Å²) in [4.78, 5) is 5.20. The Hall–Kier alpha value is 0.0700. The van der Waals surface area contributed by atoms with Gasteiger partial charge in [-0.1, -0.05) is 6.92 Å². The first-order valence-corrected chi connectivity index (χ1v) is 8.07. The van der Waals surface area contributed by atoms with Crippen molar-refractivity contribution in [3.63, 3.8) is 0 Å². The van der Waals surface area contributed by atoms with Crippen LogP contribution in [0.25, 0.3) is 0 Å². The lowest BCUT2D eigenvalue weighted by Crippen LogP contribution is -2.50. The van der Waals surface area contributed by atoms with Crippen LogP contribution in [0.4, 0.5) is 0 Å². The normalized spacial score (nSPS) is 31.2. The van der Waals surface area contributed by atoms with Crippen molar-refractivity contribution in [3.8, 4) is 0 Å². The van der Waals surface area contributed by atoms with E-state index in [1.165, 1.54) is 39.0 Å².